The molecule has 0 radical (unpaired) electrons. The number of aryl methyl sites for hydroxylation is 1. The summed E-state index contributed by atoms with van der Waals surface area (Å²) in [5.41, 5.74) is 4.53. The van der Waals surface area contributed by atoms with Gasteiger partial charge in [0.15, 0.2) is 0 Å². The van der Waals surface area contributed by atoms with Gasteiger partial charge in [-0.2, -0.15) is 0 Å². The van der Waals surface area contributed by atoms with E-state index in [1.807, 2.05) is 6.07 Å². The van der Waals surface area contributed by atoms with Crippen molar-refractivity contribution in [3.05, 3.63) is 34.5 Å². The Balaban J connectivity index is 2.01. The Labute approximate surface area is 119 Å². The molecule has 4 rings (SSSR count). The third kappa shape index (κ3) is 1.60. The normalized spacial score (nSPS) is 22.7. The lowest BCUT2D eigenvalue weighted by Crippen LogP contribution is -2.39. The molecule has 3 heteroatoms. The molecule has 100 valence electrons. The third-order valence-electron chi connectivity index (χ3n) is 4.85. The highest BCUT2D eigenvalue weighted by atomic mass is 35.5. The van der Waals surface area contributed by atoms with Crippen LogP contribution in [0.25, 0.3) is 10.9 Å². The van der Waals surface area contributed by atoms with Crippen molar-refractivity contribution in [1.29, 1.82) is 0 Å². The van der Waals surface area contributed by atoms with Crippen molar-refractivity contribution in [2.45, 2.75) is 38.8 Å². The van der Waals surface area contributed by atoms with E-state index < -0.39 is 0 Å². The number of benzene rings is 1. The lowest BCUT2D eigenvalue weighted by Gasteiger charge is -2.39. The molecule has 2 aromatic rings. The lowest BCUT2D eigenvalue weighted by atomic mass is 9.90. The summed E-state index contributed by atoms with van der Waals surface area (Å²) in [5.74, 6) is 0. The second kappa shape index (κ2) is 4.26. The van der Waals surface area contributed by atoms with Crippen molar-refractivity contribution in [2.75, 3.05) is 13.1 Å². The molecule has 0 bridgehead atoms. The van der Waals surface area contributed by atoms with Gasteiger partial charge >= 0.3 is 0 Å². The highest BCUT2D eigenvalue weighted by Crippen LogP contribution is 2.42. The van der Waals surface area contributed by atoms with E-state index in [0.717, 1.165) is 18.1 Å². The molecule has 0 amide bonds. The molecule has 0 fully saturated rings. The molecule has 0 saturated carbocycles. The summed E-state index contributed by atoms with van der Waals surface area (Å²) >= 11 is 6.20. The Bertz CT molecular complexity index is 644. The predicted octanol–water partition coefficient (Wildman–Crippen LogP) is 4.01. The van der Waals surface area contributed by atoms with Crippen LogP contribution < -0.4 is 0 Å². The van der Waals surface area contributed by atoms with Crippen molar-refractivity contribution in [3.8, 4) is 0 Å². The topological polar surface area (TPSA) is 8.17 Å². The van der Waals surface area contributed by atoms with Gasteiger partial charge in [-0.1, -0.05) is 18.5 Å². The van der Waals surface area contributed by atoms with Crippen LogP contribution >= 0.6 is 11.6 Å². The number of likely N-dealkylation sites (N-methyl/N-ethyl adjacent to an activating group) is 1. The molecule has 1 atom stereocenters. The zero-order valence-corrected chi connectivity index (χ0v) is 12.1. The van der Waals surface area contributed by atoms with E-state index in [1.54, 1.807) is 11.3 Å². The lowest BCUT2D eigenvalue weighted by molar-refractivity contribution is 0.149. The minimum absolute atomic E-state index is 0.633. The van der Waals surface area contributed by atoms with Gasteiger partial charge in [0.25, 0.3) is 0 Å². The highest BCUT2D eigenvalue weighted by molar-refractivity contribution is 6.31. The third-order valence-corrected chi connectivity index (χ3v) is 5.09. The van der Waals surface area contributed by atoms with Crippen molar-refractivity contribution in [2.24, 2.45) is 0 Å². The van der Waals surface area contributed by atoms with Crippen LogP contribution in [0.3, 0.4) is 0 Å². The van der Waals surface area contributed by atoms with Crippen LogP contribution in [0, 0.1) is 0 Å². The van der Waals surface area contributed by atoms with E-state index in [9.17, 15) is 0 Å². The fourth-order valence-electron chi connectivity index (χ4n) is 4.03. The second-order valence-corrected chi connectivity index (χ2v) is 6.15. The van der Waals surface area contributed by atoms with Gasteiger partial charge in [0.05, 0.1) is 6.04 Å². The maximum absolute atomic E-state index is 6.20. The van der Waals surface area contributed by atoms with Crippen LogP contribution in [0.1, 0.15) is 37.1 Å². The Morgan fingerprint density at radius 2 is 2.21 bits per heavy atom. The number of nitrogens with zero attached hydrogens (tertiary/aromatic N) is 2. The smallest absolute Gasteiger partial charge is 0.0504 e. The Kier molecular flexibility index (Phi) is 2.64. The second-order valence-electron chi connectivity index (χ2n) is 5.71. The van der Waals surface area contributed by atoms with E-state index in [-0.39, 0.29) is 0 Å². The molecule has 2 heterocycles. The van der Waals surface area contributed by atoms with E-state index in [4.69, 9.17) is 11.6 Å². The predicted molar refractivity (Wildman–Crippen MR) is 79.9 cm³/mol. The first-order valence-electron chi connectivity index (χ1n) is 7.34. The van der Waals surface area contributed by atoms with Crippen molar-refractivity contribution in [1.82, 2.24) is 9.47 Å². The summed E-state index contributed by atoms with van der Waals surface area (Å²) in [5, 5.41) is 2.26. The molecule has 0 unspecified atom stereocenters. The van der Waals surface area contributed by atoms with Gasteiger partial charge in [-0.15, -0.1) is 0 Å². The summed E-state index contributed by atoms with van der Waals surface area (Å²) in [7, 11) is 0. The zero-order valence-electron chi connectivity index (χ0n) is 11.3. The van der Waals surface area contributed by atoms with Gasteiger partial charge in [0.2, 0.25) is 0 Å². The average molecular weight is 275 g/mol. The Hall–Kier alpha value is -0.990. The fourth-order valence-corrected chi connectivity index (χ4v) is 4.20. The number of fused-ring (bicyclic) bond motifs is 3. The average Bonchev–Trinajstić information content (AvgIpc) is 2.75. The highest BCUT2D eigenvalue weighted by Gasteiger charge is 2.33. The van der Waals surface area contributed by atoms with Crippen LogP contribution in [0.15, 0.2) is 18.2 Å². The van der Waals surface area contributed by atoms with Gasteiger partial charge in [0.1, 0.15) is 0 Å². The first kappa shape index (κ1) is 11.8. The fraction of sp³-hybridized carbons (Fsp3) is 0.500. The maximum atomic E-state index is 6.20. The van der Waals surface area contributed by atoms with Gasteiger partial charge in [-0.05, 0) is 49.6 Å². The van der Waals surface area contributed by atoms with Gasteiger partial charge in [0, 0.05) is 34.7 Å². The summed E-state index contributed by atoms with van der Waals surface area (Å²) < 4.78 is 2.55. The minimum Gasteiger partial charge on any atom is -0.342 e. The largest absolute Gasteiger partial charge is 0.342 e. The summed E-state index contributed by atoms with van der Waals surface area (Å²) in [6.07, 6.45) is 3.83. The SMILES string of the molecule is CCN1CCn2c3c(c4cc(Cl)ccc42)CCC[C@@H]31. The van der Waals surface area contributed by atoms with Gasteiger partial charge in [-0.3, -0.25) is 4.90 Å². The number of aromatic nitrogens is 1. The molecule has 0 saturated heterocycles. The van der Waals surface area contributed by atoms with E-state index in [2.05, 4.69) is 28.5 Å². The molecule has 19 heavy (non-hydrogen) atoms. The maximum Gasteiger partial charge on any atom is 0.0504 e. The molecule has 0 spiro atoms. The molecule has 2 nitrogen and oxygen atoms in total. The summed E-state index contributed by atoms with van der Waals surface area (Å²) in [6.45, 7) is 5.74. The first-order chi connectivity index (χ1) is 9.29. The molecular formula is C16H19ClN2. The summed E-state index contributed by atoms with van der Waals surface area (Å²) in [4.78, 5) is 2.64. The van der Waals surface area contributed by atoms with Crippen LogP contribution in [-0.4, -0.2) is 22.6 Å². The molecule has 1 aromatic heterocycles. The monoisotopic (exact) mass is 274 g/mol. The zero-order chi connectivity index (χ0) is 13.0. The molecule has 1 aliphatic heterocycles. The van der Waals surface area contributed by atoms with Crippen molar-refractivity contribution in [3.63, 3.8) is 0 Å². The number of rotatable bonds is 1. The summed E-state index contributed by atoms with van der Waals surface area (Å²) in [6, 6.07) is 7.03. The Morgan fingerprint density at radius 3 is 3.05 bits per heavy atom. The molecule has 0 N–H and O–H groups in total. The van der Waals surface area contributed by atoms with E-state index in [1.165, 1.54) is 36.7 Å². The molecule has 1 aromatic carbocycles. The quantitative estimate of drug-likeness (QED) is 0.763. The number of hydrogen-bond donors (Lipinski definition) is 0. The molecular weight excluding hydrogens is 256 g/mol. The van der Waals surface area contributed by atoms with Crippen LogP contribution in [-0.2, 0) is 13.0 Å². The van der Waals surface area contributed by atoms with Crippen molar-refractivity contribution >= 4 is 22.5 Å². The van der Waals surface area contributed by atoms with Crippen LogP contribution in [0.2, 0.25) is 5.02 Å². The van der Waals surface area contributed by atoms with Gasteiger partial charge < -0.3 is 4.57 Å². The molecule has 1 aliphatic carbocycles. The number of hydrogen-bond acceptors (Lipinski definition) is 1. The van der Waals surface area contributed by atoms with E-state index in [0.29, 0.717) is 6.04 Å². The van der Waals surface area contributed by atoms with E-state index >= 15 is 0 Å². The Morgan fingerprint density at radius 1 is 1.32 bits per heavy atom. The standard InChI is InChI=1S/C16H19ClN2/c1-2-18-8-9-19-14-7-6-11(17)10-13(14)12-4-3-5-15(18)16(12)19/h6-7,10,15H,2-5,8-9H2,1H3/t15-/m0/s1. The van der Waals surface area contributed by atoms with Crippen LogP contribution in [0.5, 0.6) is 0 Å². The van der Waals surface area contributed by atoms with Crippen molar-refractivity contribution < 1.29 is 0 Å². The van der Waals surface area contributed by atoms with Crippen LogP contribution in [0.4, 0.5) is 0 Å². The number of halogens is 1. The minimum atomic E-state index is 0.633. The first-order valence-corrected chi connectivity index (χ1v) is 7.72. The van der Waals surface area contributed by atoms with Gasteiger partial charge in [-0.25, -0.2) is 0 Å². The molecule has 2 aliphatic rings.